The summed E-state index contributed by atoms with van der Waals surface area (Å²) in [4.78, 5) is 0. The minimum Gasteiger partial charge on any atom is -0.726 e. The van der Waals surface area contributed by atoms with Crippen LogP contribution in [-0.4, -0.2) is 58.2 Å². The molecule has 8 heteroatoms. The van der Waals surface area contributed by atoms with Crippen LogP contribution in [0.15, 0.2) is 0 Å². The summed E-state index contributed by atoms with van der Waals surface area (Å²) < 4.78 is 52.5. The first-order valence-corrected chi connectivity index (χ1v) is 6.61. The van der Waals surface area contributed by atoms with Crippen molar-refractivity contribution >= 4 is 10.4 Å². The summed E-state index contributed by atoms with van der Waals surface area (Å²) in [6.45, 7) is 0.460. The van der Waals surface area contributed by atoms with E-state index in [0.717, 1.165) is 0 Å². The normalized spacial score (nSPS) is 41.7. The molecule has 2 bridgehead atoms. The van der Waals surface area contributed by atoms with Crippen molar-refractivity contribution in [3.05, 3.63) is 0 Å². The van der Waals surface area contributed by atoms with Crippen LogP contribution in [0.25, 0.3) is 0 Å². The van der Waals surface area contributed by atoms with Crippen LogP contribution in [0.5, 0.6) is 0 Å². The summed E-state index contributed by atoms with van der Waals surface area (Å²) in [5.74, 6) is 0.143. The van der Waals surface area contributed by atoms with Gasteiger partial charge >= 0.3 is 0 Å². The zero-order valence-electron chi connectivity index (χ0n) is 9.57. The van der Waals surface area contributed by atoms with Gasteiger partial charge in [0.2, 0.25) is 10.4 Å². The Kier molecular flexibility index (Phi) is 3.71. The van der Waals surface area contributed by atoms with E-state index < -0.39 is 28.7 Å². The van der Waals surface area contributed by atoms with E-state index in [9.17, 15) is 13.0 Å². The summed E-state index contributed by atoms with van der Waals surface area (Å²) in [5, 5.41) is 0. The molecule has 2 fully saturated rings. The Morgan fingerprint density at radius 1 is 1.24 bits per heavy atom. The van der Waals surface area contributed by atoms with Crippen molar-refractivity contribution < 1.29 is 31.4 Å². The van der Waals surface area contributed by atoms with Gasteiger partial charge in [0, 0.05) is 20.1 Å². The molecule has 0 unspecified atom stereocenters. The minimum atomic E-state index is -4.79. The maximum atomic E-state index is 10.7. The molecule has 2 aliphatic rings. The Morgan fingerprint density at radius 3 is 2.47 bits per heavy atom. The molecule has 0 amide bonds. The van der Waals surface area contributed by atoms with Gasteiger partial charge < -0.3 is 18.8 Å². The van der Waals surface area contributed by atoms with E-state index in [2.05, 4.69) is 4.18 Å². The fraction of sp³-hybridized carbons (Fsp3) is 1.00. The van der Waals surface area contributed by atoms with Gasteiger partial charge in [-0.05, 0) is 6.42 Å². The highest BCUT2D eigenvalue weighted by Crippen LogP contribution is 2.38. The van der Waals surface area contributed by atoms with Gasteiger partial charge in [-0.1, -0.05) is 0 Å². The number of methoxy groups -OCH3 is 2. The Balaban J connectivity index is 2.20. The molecule has 17 heavy (non-hydrogen) atoms. The Hall–Kier alpha value is -0.250. The van der Waals surface area contributed by atoms with Crippen molar-refractivity contribution in [2.24, 2.45) is 5.92 Å². The van der Waals surface area contributed by atoms with Gasteiger partial charge in [0.25, 0.3) is 0 Å². The fourth-order valence-corrected chi connectivity index (χ4v) is 3.14. The highest BCUT2D eigenvalue weighted by atomic mass is 32.3. The topological polar surface area (TPSA) is 94.1 Å². The summed E-state index contributed by atoms with van der Waals surface area (Å²) in [7, 11) is -1.82. The SMILES string of the molecule is CO[C@H]1[C@H]2CO[C@@H]1[C@@H](OS(=O)(=O)[O-])[C@@H](OC)C2. The van der Waals surface area contributed by atoms with Crippen LogP contribution < -0.4 is 0 Å². The smallest absolute Gasteiger partial charge is 0.218 e. The summed E-state index contributed by atoms with van der Waals surface area (Å²) in [6.07, 6.45) is -1.69. The maximum absolute atomic E-state index is 10.7. The average Bonchev–Trinajstić information content (AvgIpc) is 2.56. The molecule has 7 nitrogen and oxygen atoms in total. The monoisotopic (exact) mass is 267 g/mol. The lowest BCUT2D eigenvalue weighted by molar-refractivity contribution is -0.125. The molecule has 1 aliphatic heterocycles. The van der Waals surface area contributed by atoms with Crippen molar-refractivity contribution in [2.45, 2.75) is 30.8 Å². The van der Waals surface area contributed by atoms with Crippen LogP contribution in [-0.2, 0) is 28.8 Å². The molecular weight excluding hydrogens is 252 g/mol. The van der Waals surface area contributed by atoms with Crippen molar-refractivity contribution in [2.75, 3.05) is 20.8 Å². The van der Waals surface area contributed by atoms with E-state index >= 15 is 0 Å². The third-order valence-electron chi connectivity index (χ3n) is 3.32. The van der Waals surface area contributed by atoms with Gasteiger partial charge in [-0.2, -0.15) is 0 Å². The van der Waals surface area contributed by atoms with E-state index in [1.165, 1.54) is 14.2 Å². The number of hydrogen-bond donors (Lipinski definition) is 0. The Bertz CT molecular complexity index is 368. The summed E-state index contributed by atoms with van der Waals surface area (Å²) in [5.41, 5.74) is 0. The number of fused-ring (bicyclic) bond motifs is 2. The largest absolute Gasteiger partial charge is 0.726 e. The second-order valence-corrected chi connectivity index (χ2v) is 5.25. The molecule has 100 valence electrons. The zero-order valence-corrected chi connectivity index (χ0v) is 10.4. The van der Waals surface area contributed by atoms with E-state index in [4.69, 9.17) is 14.2 Å². The first-order valence-electron chi connectivity index (χ1n) is 5.27. The van der Waals surface area contributed by atoms with Gasteiger partial charge in [-0.3, -0.25) is 4.18 Å². The second kappa shape index (κ2) is 4.79. The first kappa shape index (κ1) is 13.2. The van der Waals surface area contributed by atoms with Crippen molar-refractivity contribution in [3.63, 3.8) is 0 Å². The lowest BCUT2D eigenvalue weighted by Gasteiger charge is -2.38. The van der Waals surface area contributed by atoms with Crippen LogP contribution >= 0.6 is 0 Å². The molecule has 0 aromatic carbocycles. The van der Waals surface area contributed by atoms with Gasteiger partial charge in [0.05, 0.1) is 18.8 Å². The molecule has 0 aromatic rings. The molecule has 2 rings (SSSR count). The molecule has 1 aliphatic carbocycles. The van der Waals surface area contributed by atoms with Crippen LogP contribution in [0.1, 0.15) is 6.42 Å². The second-order valence-electron chi connectivity index (χ2n) is 4.24. The molecule has 1 saturated carbocycles. The highest BCUT2D eigenvalue weighted by molar-refractivity contribution is 7.80. The lowest BCUT2D eigenvalue weighted by atomic mass is 9.83. The molecular formula is C9H15O7S-. The number of hydrogen-bond acceptors (Lipinski definition) is 7. The van der Waals surface area contributed by atoms with Gasteiger partial charge in [0.1, 0.15) is 12.2 Å². The summed E-state index contributed by atoms with van der Waals surface area (Å²) >= 11 is 0. The van der Waals surface area contributed by atoms with E-state index in [0.29, 0.717) is 13.0 Å². The molecule has 0 N–H and O–H groups in total. The predicted octanol–water partition coefficient (Wildman–Crippen LogP) is -0.719. The van der Waals surface area contributed by atoms with Crippen molar-refractivity contribution in [1.29, 1.82) is 0 Å². The van der Waals surface area contributed by atoms with Crippen molar-refractivity contribution in [1.82, 2.24) is 0 Å². The molecule has 0 radical (unpaired) electrons. The Morgan fingerprint density at radius 2 is 1.94 bits per heavy atom. The minimum absolute atomic E-state index is 0.143. The molecule has 1 heterocycles. The number of ether oxygens (including phenoxy) is 3. The highest BCUT2D eigenvalue weighted by Gasteiger charge is 2.52. The van der Waals surface area contributed by atoms with E-state index in [1.54, 1.807) is 0 Å². The third-order valence-corrected chi connectivity index (χ3v) is 3.78. The van der Waals surface area contributed by atoms with Crippen LogP contribution in [0, 0.1) is 5.92 Å². The first-order chi connectivity index (χ1) is 7.96. The third kappa shape index (κ3) is 2.61. The van der Waals surface area contributed by atoms with Gasteiger partial charge in [-0.15, -0.1) is 0 Å². The quantitative estimate of drug-likeness (QED) is 0.490. The van der Waals surface area contributed by atoms with Crippen molar-refractivity contribution in [3.8, 4) is 0 Å². The van der Waals surface area contributed by atoms with Crippen LogP contribution in [0.4, 0.5) is 0 Å². The molecule has 5 atom stereocenters. The maximum Gasteiger partial charge on any atom is 0.218 e. The number of rotatable bonds is 4. The van der Waals surface area contributed by atoms with E-state index in [-0.39, 0.29) is 12.0 Å². The predicted molar refractivity (Wildman–Crippen MR) is 54.0 cm³/mol. The van der Waals surface area contributed by atoms with E-state index in [1.807, 2.05) is 0 Å². The molecule has 0 spiro atoms. The lowest BCUT2D eigenvalue weighted by Crippen LogP contribution is -2.52. The van der Waals surface area contributed by atoms with Crippen LogP contribution in [0.3, 0.4) is 0 Å². The molecule has 1 saturated heterocycles. The summed E-state index contributed by atoms with van der Waals surface area (Å²) in [6, 6.07) is 0. The van der Waals surface area contributed by atoms with Gasteiger partial charge in [0.15, 0.2) is 0 Å². The molecule has 0 aromatic heterocycles. The average molecular weight is 267 g/mol. The van der Waals surface area contributed by atoms with Gasteiger partial charge in [-0.25, -0.2) is 8.42 Å². The fourth-order valence-electron chi connectivity index (χ4n) is 2.63. The standard InChI is InChI=1S/C9H16O7S/c1-13-6-3-5-4-15-9(7(5)14-2)8(6)16-17(10,11)12/h5-9H,3-4H2,1-2H3,(H,10,11,12)/p-1/t5-,6+,7+,8+,9+/m1/s1. The van der Waals surface area contributed by atoms with Crippen LogP contribution in [0.2, 0.25) is 0 Å². The zero-order chi connectivity index (χ0) is 12.6. The Labute approximate surface area is 99.9 Å².